The van der Waals surface area contributed by atoms with Gasteiger partial charge in [0.25, 0.3) is 0 Å². The lowest BCUT2D eigenvalue weighted by atomic mass is 9.96. The van der Waals surface area contributed by atoms with E-state index >= 15 is 0 Å². The second-order valence-electron chi connectivity index (χ2n) is 4.71. The maximum absolute atomic E-state index is 13.7. The molecule has 1 aliphatic carbocycles. The minimum atomic E-state index is -0.342. The third-order valence-electron chi connectivity index (χ3n) is 3.44. The first kappa shape index (κ1) is 11.3. The van der Waals surface area contributed by atoms with Crippen molar-refractivity contribution in [3.05, 3.63) is 35.1 Å². The molecule has 1 saturated carbocycles. The van der Waals surface area contributed by atoms with Crippen LogP contribution in [-0.4, -0.2) is 5.78 Å². The lowest BCUT2D eigenvalue weighted by Gasteiger charge is -2.09. The number of rotatable bonds is 3. The van der Waals surface area contributed by atoms with Crippen molar-refractivity contribution in [1.82, 2.24) is 0 Å². The third kappa shape index (κ3) is 2.31. The minimum absolute atomic E-state index is 0.0342. The van der Waals surface area contributed by atoms with Gasteiger partial charge in [0.05, 0.1) is 5.56 Å². The molecule has 1 aliphatic rings. The minimum Gasteiger partial charge on any atom is -0.294 e. The zero-order valence-corrected chi connectivity index (χ0v) is 9.63. The molecule has 1 aromatic carbocycles. The molecule has 0 N–H and O–H groups in total. The van der Waals surface area contributed by atoms with Crippen molar-refractivity contribution >= 4 is 5.78 Å². The molecule has 0 atom stereocenters. The molecule has 16 heavy (non-hydrogen) atoms. The molecule has 1 nitrogen and oxygen atoms in total. The molecule has 2 heteroatoms. The second kappa shape index (κ2) is 4.77. The van der Waals surface area contributed by atoms with Gasteiger partial charge in [0, 0.05) is 6.42 Å². The van der Waals surface area contributed by atoms with Gasteiger partial charge in [-0.2, -0.15) is 0 Å². The highest BCUT2D eigenvalue weighted by atomic mass is 19.1. The van der Waals surface area contributed by atoms with Gasteiger partial charge in [0.1, 0.15) is 5.82 Å². The van der Waals surface area contributed by atoms with Crippen LogP contribution < -0.4 is 0 Å². The summed E-state index contributed by atoms with van der Waals surface area (Å²) in [5, 5.41) is 0. The summed E-state index contributed by atoms with van der Waals surface area (Å²) in [4.78, 5) is 11.9. The maximum Gasteiger partial charge on any atom is 0.166 e. The Kier molecular flexibility index (Phi) is 3.37. The quantitative estimate of drug-likeness (QED) is 0.706. The molecular formula is C14H17FO. The summed E-state index contributed by atoms with van der Waals surface area (Å²) in [7, 11) is 0. The van der Waals surface area contributed by atoms with Crippen molar-refractivity contribution in [3.63, 3.8) is 0 Å². The Balaban J connectivity index is 2.11. The zero-order chi connectivity index (χ0) is 11.5. The van der Waals surface area contributed by atoms with Gasteiger partial charge in [-0.1, -0.05) is 37.8 Å². The summed E-state index contributed by atoms with van der Waals surface area (Å²) in [6.07, 6.45) is 5.20. The van der Waals surface area contributed by atoms with Gasteiger partial charge >= 0.3 is 0 Å². The summed E-state index contributed by atoms with van der Waals surface area (Å²) in [6, 6.07) is 5.04. The van der Waals surface area contributed by atoms with E-state index in [1.54, 1.807) is 25.1 Å². The SMILES string of the molecule is Cc1cccc(C(=O)CC2CCCC2)c1F. The highest BCUT2D eigenvalue weighted by molar-refractivity contribution is 5.96. The molecule has 0 radical (unpaired) electrons. The lowest BCUT2D eigenvalue weighted by molar-refractivity contribution is 0.0958. The van der Waals surface area contributed by atoms with Gasteiger partial charge in [-0.3, -0.25) is 4.79 Å². The van der Waals surface area contributed by atoms with Crippen LogP contribution >= 0.6 is 0 Å². The average molecular weight is 220 g/mol. The number of ketones is 1. The molecule has 0 saturated heterocycles. The van der Waals surface area contributed by atoms with Crippen LogP contribution in [0.4, 0.5) is 4.39 Å². The number of carbonyl (C=O) groups is 1. The molecule has 2 rings (SSSR count). The number of aryl methyl sites for hydroxylation is 1. The molecule has 0 spiro atoms. The van der Waals surface area contributed by atoms with Crippen molar-refractivity contribution in [2.45, 2.75) is 39.0 Å². The van der Waals surface area contributed by atoms with Crippen LogP contribution in [0.1, 0.15) is 48.0 Å². The predicted octanol–water partition coefficient (Wildman–Crippen LogP) is 3.90. The average Bonchev–Trinajstić information content (AvgIpc) is 2.74. The van der Waals surface area contributed by atoms with Crippen LogP contribution in [0.2, 0.25) is 0 Å². The highest BCUT2D eigenvalue weighted by Crippen LogP contribution is 2.29. The standard InChI is InChI=1S/C14H17FO/c1-10-5-4-8-12(14(10)15)13(16)9-11-6-2-3-7-11/h4-5,8,11H,2-3,6-7,9H2,1H3. The van der Waals surface area contributed by atoms with Crippen molar-refractivity contribution < 1.29 is 9.18 Å². The first-order chi connectivity index (χ1) is 7.68. The fourth-order valence-corrected chi connectivity index (χ4v) is 2.45. The Labute approximate surface area is 95.7 Å². The Bertz CT molecular complexity index is 392. The van der Waals surface area contributed by atoms with Crippen LogP contribution in [0.5, 0.6) is 0 Å². The molecule has 1 fully saturated rings. The van der Waals surface area contributed by atoms with Gasteiger partial charge in [0.15, 0.2) is 5.78 Å². The topological polar surface area (TPSA) is 17.1 Å². The number of Topliss-reactive ketones (excluding diaryl/α,β-unsaturated/α-hetero) is 1. The fourth-order valence-electron chi connectivity index (χ4n) is 2.45. The van der Waals surface area contributed by atoms with Crippen LogP contribution in [0.3, 0.4) is 0 Å². The van der Waals surface area contributed by atoms with E-state index in [1.165, 1.54) is 12.8 Å². The maximum atomic E-state index is 13.7. The third-order valence-corrected chi connectivity index (χ3v) is 3.44. The Morgan fingerprint density at radius 1 is 1.38 bits per heavy atom. The van der Waals surface area contributed by atoms with E-state index in [2.05, 4.69) is 0 Å². The largest absolute Gasteiger partial charge is 0.294 e. The summed E-state index contributed by atoms with van der Waals surface area (Å²) in [5.41, 5.74) is 0.823. The molecule has 0 aromatic heterocycles. The van der Waals surface area contributed by atoms with E-state index in [0.717, 1.165) is 12.8 Å². The van der Waals surface area contributed by atoms with E-state index < -0.39 is 0 Å². The highest BCUT2D eigenvalue weighted by Gasteiger charge is 2.21. The molecule has 0 bridgehead atoms. The van der Waals surface area contributed by atoms with Crippen molar-refractivity contribution in [1.29, 1.82) is 0 Å². The molecule has 0 heterocycles. The fraction of sp³-hybridized carbons (Fsp3) is 0.500. The smallest absolute Gasteiger partial charge is 0.166 e. The predicted molar refractivity (Wildman–Crippen MR) is 62.0 cm³/mol. The summed E-state index contributed by atoms with van der Waals surface area (Å²) in [6.45, 7) is 1.70. The van der Waals surface area contributed by atoms with Crippen molar-refractivity contribution in [2.75, 3.05) is 0 Å². The van der Waals surface area contributed by atoms with Gasteiger partial charge in [-0.25, -0.2) is 4.39 Å². The summed E-state index contributed by atoms with van der Waals surface area (Å²) >= 11 is 0. The first-order valence-corrected chi connectivity index (χ1v) is 5.97. The van der Waals surface area contributed by atoms with E-state index in [9.17, 15) is 9.18 Å². The van der Waals surface area contributed by atoms with Gasteiger partial charge < -0.3 is 0 Å². The molecule has 0 aliphatic heterocycles. The molecule has 0 unspecified atom stereocenters. The van der Waals surface area contributed by atoms with Crippen LogP contribution in [0.15, 0.2) is 18.2 Å². The van der Waals surface area contributed by atoms with Crippen LogP contribution in [-0.2, 0) is 0 Å². The molecule has 0 amide bonds. The van der Waals surface area contributed by atoms with Crippen molar-refractivity contribution in [3.8, 4) is 0 Å². The lowest BCUT2D eigenvalue weighted by Crippen LogP contribution is -2.08. The van der Waals surface area contributed by atoms with E-state index in [1.807, 2.05) is 0 Å². The van der Waals surface area contributed by atoms with Crippen molar-refractivity contribution in [2.24, 2.45) is 5.92 Å². The van der Waals surface area contributed by atoms with Crippen LogP contribution in [0.25, 0.3) is 0 Å². The Morgan fingerprint density at radius 2 is 2.06 bits per heavy atom. The Morgan fingerprint density at radius 3 is 2.75 bits per heavy atom. The monoisotopic (exact) mass is 220 g/mol. The van der Waals surface area contributed by atoms with E-state index in [-0.39, 0.29) is 17.2 Å². The Hall–Kier alpha value is -1.18. The van der Waals surface area contributed by atoms with Crippen LogP contribution in [0, 0.1) is 18.7 Å². The van der Waals surface area contributed by atoms with Gasteiger partial charge in [0.2, 0.25) is 0 Å². The number of halogens is 1. The first-order valence-electron chi connectivity index (χ1n) is 5.97. The normalized spacial score (nSPS) is 16.6. The van der Waals surface area contributed by atoms with Gasteiger partial charge in [-0.15, -0.1) is 0 Å². The zero-order valence-electron chi connectivity index (χ0n) is 9.63. The number of hydrogen-bond donors (Lipinski definition) is 0. The summed E-state index contributed by atoms with van der Waals surface area (Å²) < 4.78 is 13.7. The number of carbonyl (C=O) groups excluding carboxylic acids is 1. The second-order valence-corrected chi connectivity index (χ2v) is 4.71. The number of hydrogen-bond acceptors (Lipinski definition) is 1. The van der Waals surface area contributed by atoms with E-state index in [0.29, 0.717) is 17.9 Å². The molecule has 86 valence electrons. The van der Waals surface area contributed by atoms with Gasteiger partial charge in [-0.05, 0) is 24.5 Å². The van der Waals surface area contributed by atoms with E-state index in [4.69, 9.17) is 0 Å². The molecular weight excluding hydrogens is 203 g/mol. The summed E-state index contributed by atoms with van der Waals surface area (Å²) in [5.74, 6) is 0.103. The number of benzene rings is 1. The molecule has 1 aromatic rings.